The van der Waals surface area contributed by atoms with Crippen LogP contribution in [0, 0.1) is 0 Å². The number of carboxylic acid groups (broad SMARTS) is 1. The lowest BCUT2D eigenvalue weighted by molar-refractivity contribution is -0.147. The molecule has 0 spiro atoms. The molecule has 2 N–H and O–H groups in total. The van der Waals surface area contributed by atoms with Gasteiger partial charge in [-0.3, -0.25) is 0 Å². The van der Waals surface area contributed by atoms with Crippen LogP contribution in [0.2, 0.25) is 0 Å². The molecule has 0 aliphatic carbocycles. The second-order valence-corrected chi connectivity index (χ2v) is 5.29. The monoisotopic (exact) mass is 268 g/mol. The molecule has 106 valence electrons. The zero-order chi connectivity index (χ0) is 14.8. The molecule has 19 heavy (non-hydrogen) atoms. The van der Waals surface area contributed by atoms with Gasteiger partial charge in [0.05, 0.1) is 14.2 Å². The minimum atomic E-state index is -1.65. The van der Waals surface area contributed by atoms with Gasteiger partial charge in [0.15, 0.2) is 6.10 Å². The second kappa shape index (κ2) is 5.48. The standard InChI is InChI=1S/C14H20O5/c1-14(2,3)10-7-8(18-4)6-9(12(10)19-5)11(15)13(16)17/h6-7,11,15H,1-5H3,(H,16,17). The molecule has 1 rings (SSSR count). The Labute approximate surface area is 112 Å². The summed E-state index contributed by atoms with van der Waals surface area (Å²) in [5.41, 5.74) is 0.705. The summed E-state index contributed by atoms with van der Waals surface area (Å²) in [4.78, 5) is 11.0. The normalized spacial score (nSPS) is 12.9. The van der Waals surface area contributed by atoms with E-state index in [-0.39, 0.29) is 11.0 Å². The lowest BCUT2D eigenvalue weighted by Gasteiger charge is -2.25. The van der Waals surface area contributed by atoms with Gasteiger partial charge in [0, 0.05) is 11.1 Å². The Morgan fingerprint density at radius 1 is 1.21 bits per heavy atom. The van der Waals surface area contributed by atoms with Crippen LogP contribution >= 0.6 is 0 Å². The molecular weight excluding hydrogens is 248 g/mol. The number of carbonyl (C=O) groups is 1. The van der Waals surface area contributed by atoms with Gasteiger partial charge in [-0.2, -0.15) is 0 Å². The Morgan fingerprint density at radius 2 is 1.79 bits per heavy atom. The van der Waals surface area contributed by atoms with Crippen molar-refractivity contribution in [2.45, 2.75) is 32.3 Å². The highest BCUT2D eigenvalue weighted by Gasteiger charge is 2.28. The number of aliphatic hydroxyl groups is 1. The predicted molar refractivity (Wildman–Crippen MR) is 70.8 cm³/mol. The van der Waals surface area contributed by atoms with Crippen LogP contribution in [-0.2, 0) is 10.2 Å². The highest BCUT2D eigenvalue weighted by Crippen LogP contribution is 2.39. The fourth-order valence-corrected chi connectivity index (χ4v) is 1.86. The van der Waals surface area contributed by atoms with Gasteiger partial charge in [-0.25, -0.2) is 4.79 Å². The van der Waals surface area contributed by atoms with Crippen LogP contribution < -0.4 is 9.47 Å². The molecule has 1 aromatic rings. The fraction of sp³-hybridized carbons (Fsp3) is 0.500. The molecule has 0 heterocycles. The van der Waals surface area contributed by atoms with E-state index in [9.17, 15) is 9.90 Å². The molecule has 0 aliphatic rings. The maximum atomic E-state index is 11.0. The summed E-state index contributed by atoms with van der Waals surface area (Å²) < 4.78 is 10.5. The summed E-state index contributed by atoms with van der Waals surface area (Å²) in [6.45, 7) is 5.92. The number of hydrogen-bond donors (Lipinski definition) is 2. The van der Waals surface area contributed by atoms with Crippen LogP contribution in [0.15, 0.2) is 12.1 Å². The number of carboxylic acids is 1. The van der Waals surface area contributed by atoms with E-state index in [1.807, 2.05) is 20.8 Å². The number of aliphatic hydroxyl groups excluding tert-OH is 1. The SMILES string of the molecule is COc1cc(C(O)C(=O)O)c(OC)c(C(C)(C)C)c1. The molecule has 0 saturated heterocycles. The average Bonchev–Trinajstić information content (AvgIpc) is 2.34. The maximum absolute atomic E-state index is 11.0. The molecular formula is C14H20O5. The lowest BCUT2D eigenvalue weighted by Crippen LogP contribution is -2.18. The molecule has 5 nitrogen and oxygen atoms in total. The summed E-state index contributed by atoms with van der Waals surface area (Å²) in [5.74, 6) is -0.462. The summed E-state index contributed by atoms with van der Waals surface area (Å²) in [5, 5.41) is 18.8. The fourth-order valence-electron chi connectivity index (χ4n) is 1.86. The van der Waals surface area contributed by atoms with Crippen molar-refractivity contribution in [2.24, 2.45) is 0 Å². The summed E-state index contributed by atoms with van der Waals surface area (Å²) >= 11 is 0. The summed E-state index contributed by atoms with van der Waals surface area (Å²) in [6, 6.07) is 3.27. The Morgan fingerprint density at radius 3 is 2.16 bits per heavy atom. The van der Waals surface area contributed by atoms with Gasteiger partial charge >= 0.3 is 5.97 Å². The predicted octanol–water partition coefficient (Wildman–Crippen LogP) is 2.12. The van der Waals surface area contributed by atoms with Gasteiger partial charge in [-0.15, -0.1) is 0 Å². The third-order valence-corrected chi connectivity index (χ3v) is 2.87. The van der Waals surface area contributed by atoms with E-state index >= 15 is 0 Å². The number of ether oxygens (including phenoxy) is 2. The zero-order valence-corrected chi connectivity index (χ0v) is 11.9. The van der Waals surface area contributed by atoms with Crippen molar-refractivity contribution in [3.63, 3.8) is 0 Å². The number of rotatable bonds is 4. The third kappa shape index (κ3) is 3.17. The van der Waals surface area contributed by atoms with Gasteiger partial charge in [0.1, 0.15) is 11.5 Å². The molecule has 0 saturated carbocycles. The first-order valence-electron chi connectivity index (χ1n) is 5.89. The molecule has 0 amide bonds. The van der Waals surface area contributed by atoms with E-state index in [1.54, 1.807) is 6.07 Å². The van der Waals surface area contributed by atoms with Crippen molar-refractivity contribution >= 4 is 5.97 Å². The number of aliphatic carboxylic acids is 1. The molecule has 1 unspecified atom stereocenters. The minimum Gasteiger partial charge on any atom is -0.497 e. The van der Waals surface area contributed by atoms with E-state index < -0.39 is 12.1 Å². The van der Waals surface area contributed by atoms with Crippen LogP contribution in [0.3, 0.4) is 0 Å². The van der Waals surface area contributed by atoms with Gasteiger partial charge in [0.2, 0.25) is 0 Å². The molecule has 0 fully saturated rings. The molecule has 0 aliphatic heterocycles. The number of hydrogen-bond acceptors (Lipinski definition) is 4. The van der Waals surface area contributed by atoms with Crippen LogP contribution in [-0.4, -0.2) is 30.4 Å². The lowest BCUT2D eigenvalue weighted by atomic mass is 9.84. The van der Waals surface area contributed by atoms with Gasteiger partial charge in [-0.1, -0.05) is 20.8 Å². The van der Waals surface area contributed by atoms with Gasteiger partial charge < -0.3 is 19.7 Å². The number of methoxy groups -OCH3 is 2. The Balaban J connectivity index is 3.57. The zero-order valence-electron chi connectivity index (χ0n) is 11.9. The summed E-state index contributed by atoms with van der Waals surface area (Å²) in [7, 11) is 2.94. The van der Waals surface area contributed by atoms with Crippen molar-refractivity contribution in [1.82, 2.24) is 0 Å². The quantitative estimate of drug-likeness (QED) is 0.874. The van der Waals surface area contributed by atoms with Gasteiger partial charge in [0.25, 0.3) is 0 Å². The van der Waals surface area contributed by atoms with Crippen molar-refractivity contribution in [3.8, 4) is 11.5 Å². The first kappa shape index (κ1) is 15.3. The van der Waals surface area contributed by atoms with Gasteiger partial charge in [-0.05, 0) is 17.5 Å². The number of benzene rings is 1. The Hall–Kier alpha value is -1.75. The smallest absolute Gasteiger partial charge is 0.337 e. The average molecular weight is 268 g/mol. The maximum Gasteiger partial charge on any atom is 0.337 e. The van der Waals surface area contributed by atoms with Crippen molar-refractivity contribution in [1.29, 1.82) is 0 Å². The van der Waals surface area contributed by atoms with E-state index in [4.69, 9.17) is 14.6 Å². The Bertz CT molecular complexity index is 473. The minimum absolute atomic E-state index is 0.194. The third-order valence-electron chi connectivity index (χ3n) is 2.87. The molecule has 1 aromatic carbocycles. The van der Waals surface area contributed by atoms with Crippen LogP contribution in [0.4, 0.5) is 0 Å². The summed E-state index contributed by atoms with van der Waals surface area (Å²) in [6.07, 6.45) is -1.65. The van der Waals surface area contributed by atoms with Crippen LogP contribution in [0.5, 0.6) is 11.5 Å². The van der Waals surface area contributed by atoms with E-state index in [1.165, 1.54) is 20.3 Å². The second-order valence-electron chi connectivity index (χ2n) is 5.29. The highest BCUT2D eigenvalue weighted by atomic mass is 16.5. The van der Waals surface area contributed by atoms with Crippen LogP contribution in [0.1, 0.15) is 38.0 Å². The first-order chi connectivity index (χ1) is 8.72. The van der Waals surface area contributed by atoms with Crippen molar-refractivity contribution < 1.29 is 24.5 Å². The van der Waals surface area contributed by atoms with Crippen molar-refractivity contribution in [3.05, 3.63) is 23.3 Å². The molecule has 5 heteroatoms. The first-order valence-corrected chi connectivity index (χ1v) is 5.89. The molecule has 0 radical (unpaired) electrons. The topological polar surface area (TPSA) is 76.0 Å². The van der Waals surface area contributed by atoms with Crippen molar-refractivity contribution in [2.75, 3.05) is 14.2 Å². The Kier molecular flexibility index (Phi) is 4.42. The molecule has 0 bridgehead atoms. The largest absolute Gasteiger partial charge is 0.497 e. The highest BCUT2D eigenvalue weighted by molar-refractivity contribution is 5.76. The van der Waals surface area contributed by atoms with E-state index in [0.717, 1.165) is 5.56 Å². The van der Waals surface area contributed by atoms with E-state index in [2.05, 4.69) is 0 Å². The van der Waals surface area contributed by atoms with E-state index in [0.29, 0.717) is 11.5 Å². The molecule has 1 atom stereocenters. The molecule has 0 aromatic heterocycles. The van der Waals surface area contributed by atoms with Crippen LogP contribution in [0.25, 0.3) is 0 Å².